The quantitative estimate of drug-likeness (QED) is 0.139. The molecule has 72 heavy (non-hydrogen) atoms. The third kappa shape index (κ3) is 10.4. The van der Waals surface area contributed by atoms with Gasteiger partial charge in [0.25, 0.3) is 0 Å². The van der Waals surface area contributed by atoms with E-state index in [2.05, 4.69) is 252 Å². The number of pyridine rings is 1. The Morgan fingerprint density at radius 1 is 0.542 bits per heavy atom. The van der Waals surface area contributed by atoms with Gasteiger partial charge >= 0.3 is 0 Å². The van der Waals surface area contributed by atoms with Gasteiger partial charge in [0.05, 0.1) is 22.3 Å². The van der Waals surface area contributed by atoms with Gasteiger partial charge in [0, 0.05) is 38.5 Å². The molecule has 0 bridgehead atoms. The van der Waals surface area contributed by atoms with E-state index in [1.807, 2.05) is 6.20 Å². The van der Waals surface area contributed by atoms with Gasteiger partial charge in [-0.05, 0) is 103 Å². The molecule has 7 aromatic carbocycles. The zero-order valence-corrected chi connectivity index (χ0v) is 46.8. The van der Waals surface area contributed by atoms with Crippen LogP contribution in [-0.2, 0) is 43.7 Å². The summed E-state index contributed by atoms with van der Waals surface area (Å²) in [6, 6.07) is 58.4. The molecule has 9 rings (SSSR count). The van der Waals surface area contributed by atoms with Crippen molar-refractivity contribution in [1.29, 1.82) is 0 Å². The number of imidazole rings is 1. The maximum atomic E-state index is 12.7. The number of fused-ring (bicyclic) bond motifs is 1. The topological polar surface area (TPSA) is 50.9 Å². The summed E-state index contributed by atoms with van der Waals surface area (Å²) in [7, 11) is 0. The molecule has 2 heterocycles. The molecule has 0 saturated carbocycles. The summed E-state index contributed by atoms with van der Waals surface area (Å²) in [5.41, 5.74) is 19.6. The van der Waals surface area contributed by atoms with E-state index in [1.54, 1.807) is 0 Å². The zero-order chi connectivity index (χ0) is 50.6. The number of hydrogen-bond donors (Lipinski definition) is 1. The van der Waals surface area contributed by atoms with Crippen molar-refractivity contribution in [1.82, 2.24) is 14.5 Å². The summed E-state index contributed by atoms with van der Waals surface area (Å²) < 4.78 is 2.38. The Kier molecular flexibility index (Phi) is 14.6. The second kappa shape index (κ2) is 20.3. The van der Waals surface area contributed by atoms with E-state index >= 15 is 0 Å². The van der Waals surface area contributed by atoms with E-state index in [4.69, 9.17) is 9.97 Å². The largest absolute Gasteiger partial charge is 0.507 e. The third-order valence-electron chi connectivity index (χ3n) is 14.1. The van der Waals surface area contributed by atoms with Gasteiger partial charge in [-0.15, -0.1) is 23.8 Å². The first-order valence-corrected chi connectivity index (χ1v) is 25.5. The molecule has 2 aromatic heterocycles. The van der Waals surface area contributed by atoms with E-state index in [0.29, 0.717) is 0 Å². The standard InChI is InChI=1S/C67H70N3O.Pt/c1-42(2)55-38-51(65(5,6)7)39-56(43(3)4)62(55)70-60-30-22-29-54(61(60)69-64(70)57-40-52(66(8,9)10)41-58(63(57)71)67(11,12)13)49-34-48(45-25-18-15-19-26-45)35-50(36-49)59-37-47(31-32-68-59)53-28-21-20-27-46(53)33-44-23-16-14-17-24-44;/h14-32,34-35,37-43,71H,33H2,1-13H3;/q-1;. The van der Waals surface area contributed by atoms with Crippen molar-refractivity contribution in [2.45, 2.75) is 125 Å². The average molecular weight is 1130 g/mol. The first kappa shape index (κ1) is 52.0. The van der Waals surface area contributed by atoms with Crippen molar-refractivity contribution in [3.05, 3.63) is 203 Å². The summed E-state index contributed by atoms with van der Waals surface area (Å²) >= 11 is 0. The molecule has 0 saturated heterocycles. The van der Waals surface area contributed by atoms with Crippen LogP contribution in [0.3, 0.4) is 0 Å². The van der Waals surface area contributed by atoms with Crippen LogP contribution in [0.5, 0.6) is 5.75 Å². The summed E-state index contributed by atoms with van der Waals surface area (Å²) in [5.74, 6) is 1.38. The van der Waals surface area contributed by atoms with E-state index in [1.165, 1.54) is 33.4 Å². The minimum atomic E-state index is -0.332. The molecule has 0 unspecified atom stereocenters. The number of aromatic nitrogens is 3. The van der Waals surface area contributed by atoms with Crippen LogP contribution in [0.15, 0.2) is 158 Å². The average Bonchev–Trinajstić information content (AvgIpc) is 3.72. The maximum absolute atomic E-state index is 12.7. The van der Waals surface area contributed by atoms with Crippen LogP contribution in [0.25, 0.3) is 72.7 Å². The second-order valence-corrected chi connectivity index (χ2v) is 23.2. The minimum absolute atomic E-state index is 0. The van der Waals surface area contributed by atoms with Gasteiger partial charge in [0.1, 0.15) is 11.6 Å². The van der Waals surface area contributed by atoms with Crippen LogP contribution in [-0.4, -0.2) is 19.6 Å². The summed E-state index contributed by atoms with van der Waals surface area (Å²) in [5, 5.41) is 12.7. The monoisotopic (exact) mass is 1130 g/mol. The minimum Gasteiger partial charge on any atom is -0.507 e. The van der Waals surface area contributed by atoms with Crippen molar-refractivity contribution < 1.29 is 26.2 Å². The zero-order valence-electron chi connectivity index (χ0n) is 44.5. The SMILES string of the molecule is CC(C)c1cc(C(C)(C)C)cc(C(C)C)c1-n1c(-c2cc(C(C)(C)C)cc(C(C)(C)C)c2O)nc2c(-c3[c-]c(-c4cc(-c5ccccc5Cc5ccccc5)ccn4)cc(-c4ccccc4)c3)cccc21.[Pt]. The van der Waals surface area contributed by atoms with Gasteiger partial charge in [-0.25, -0.2) is 4.98 Å². The molecule has 4 nitrogen and oxygen atoms in total. The Hall–Kier alpha value is -6.35. The van der Waals surface area contributed by atoms with Gasteiger partial charge in [-0.2, -0.15) is 0 Å². The molecule has 0 fully saturated rings. The Morgan fingerprint density at radius 2 is 1.12 bits per heavy atom. The predicted molar refractivity (Wildman–Crippen MR) is 300 cm³/mol. The van der Waals surface area contributed by atoms with Crippen LogP contribution >= 0.6 is 0 Å². The van der Waals surface area contributed by atoms with Gasteiger partial charge in [0.2, 0.25) is 0 Å². The van der Waals surface area contributed by atoms with Crippen molar-refractivity contribution in [2.75, 3.05) is 0 Å². The van der Waals surface area contributed by atoms with E-state index < -0.39 is 0 Å². The molecule has 0 aliphatic heterocycles. The smallest absolute Gasteiger partial charge is 0.148 e. The Morgan fingerprint density at radius 3 is 1.75 bits per heavy atom. The first-order valence-electron chi connectivity index (χ1n) is 25.5. The molecule has 9 aromatic rings. The summed E-state index contributed by atoms with van der Waals surface area (Å²) in [4.78, 5) is 10.8. The number of phenolic OH excluding ortho intramolecular Hbond substituents is 1. The van der Waals surface area contributed by atoms with Gasteiger partial charge < -0.3 is 5.11 Å². The Labute approximate surface area is 443 Å². The van der Waals surface area contributed by atoms with Gasteiger partial charge in [-0.3, -0.25) is 9.55 Å². The first-order chi connectivity index (χ1) is 33.7. The fourth-order valence-corrected chi connectivity index (χ4v) is 9.95. The number of nitrogens with zero attached hydrogens (tertiary/aromatic N) is 3. The van der Waals surface area contributed by atoms with Crippen molar-refractivity contribution in [2.24, 2.45) is 0 Å². The molecule has 0 radical (unpaired) electrons. The Balaban J connectivity index is 0.00000693. The fraction of sp³-hybridized carbons (Fsp3) is 0.284. The number of rotatable bonds is 10. The molecule has 0 spiro atoms. The summed E-state index contributed by atoms with van der Waals surface area (Å²) in [6.45, 7) is 29.4. The molecular formula is C67H70N3OPt-. The van der Waals surface area contributed by atoms with E-state index in [0.717, 1.165) is 84.7 Å². The number of phenols is 1. The van der Waals surface area contributed by atoms with Gasteiger partial charge in [0.15, 0.2) is 0 Å². The number of para-hydroxylation sites is 1. The molecular weight excluding hydrogens is 1060 g/mol. The molecule has 0 aliphatic carbocycles. The van der Waals surface area contributed by atoms with Crippen LogP contribution in [0.4, 0.5) is 0 Å². The molecule has 0 atom stereocenters. The third-order valence-corrected chi connectivity index (χ3v) is 14.1. The molecule has 1 N–H and O–H groups in total. The van der Waals surface area contributed by atoms with Crippen molar-refractivity contribution in [3.63, 3.8) is 0 Å². The summed E-state index contributed by atoms with van der Waals surface area (Å²) in [6.07, 6.45) is 2.76. The van der Waals surface area contributed by atoms with Gasteiger partial charge in [-0.1, -0.05) is 228 Å². The van der Waals surface area contributed by atoms with Crippen molar-refractivity contribution in [3.8, 4) is 67.5 Å². The number of hydrogen-bond acceptors (Lipinski definition) is 3. The van der Waals surface area contributed by atoms with Crippen LogP contribution in [0, 0.1) is 6.07 Å². The molecule has 0 amide bonds. The molecule has 5 heteroatoms. The number of aromatic hydroxyl groups is 1. The number of benzene rings is 7. The Bertz CT molecular complexity index is 3370. The maximum Gasteiger partial charge on any atom is 0.148 e. The molecule has 0 aliphatic rings. The van der Waals surface area contributed by atoms with Crippen molar-refractivity contribution >= 4 is 11.0 Å². The normalized spacial score (nSPS) is 12.2. The molecule has 370 valence electrons. The fourth-order valence-electron chi connectivity index (χ4n) is 9.95. The van der Waals surface area contributed by atoms with Crippen LogP contribution in [0.1, 0.15) is 141 Å². The van der Waals surface area contributed by atoms with Crippen LogP contribution < -0.4 is 0 Å². The predicted octanol–water partition coefficient (Wildman–Crippen LogP) is 18.0. The van der Waals surface area contributed by atoms with E-state index in [9.17, 15) is 5.11 Å². The van der Waals surface area contributed by atoms with E-state index in [-0.39, 0.29) is 54.9 Å². The van der Waals surface area contributed by atoms with Crippen LogP contribution in [0.2, 0.25) is 0 Å². The second-order valence-electron chi connectivity index (χ2n) is 23.2.